The number of ether oxygens (including phenoxy) is 5. The molecular formula is C36H36O18. The monoisotopic (exact) mass is 756 g/mol. The van der Waals surface area contributed by atoms with E-state index in [4.69, 9.17) is 28.1 Å². The van der Waals surface area contributed by atoms with E-state index in [2.05, 4.69) is 0 Å². The molecule has 18 nitrogen and oxygen atoms in total. The summed E-state index contributed by atoms with van der Waals surface area (Å²) < 4.78 is 34.2. The van der Waals surface area contributed by atoms with Crippen LogP contribution in [-0.4, -0.2) is 125 Å². The van der Waals surface area contributed by atoms with E-state index >= 15 is 0 Å². The van der Waals surface area contributed by atoms with Gasteiger partial charge in [-0.25, -0.2) is 4.79 Å². The molecule has 0 aliphatic carbocycles. The van der Waals surface area contributed by atoms with E-state index in [-0.39, 0.29) is 16.9 Å². The summed E-state index contributed by atoms with van der Waals surface area (Å²) in [5.74, 6) is -4.31. The van der Waals surface area contributed by atoms with Crippen LogP contribution in [0.5, 0.6) is 34.5 Å². The summed E-state index contributed by atoms with van der Waals surface area (Å²) in [4.78, 5) is 26.3. The van der Waals surface area contributed by atoms with Crippen molar-refractivity contribution in [3.05, 3.63) is 76.5 Å². The van der Waals surface area contributed by atoms with Crippen molar-refractivity contribution in [1.29, 1.82) is 0 Å². The quantitative estimate of drug-likeness (QED) is 0.0623. The maximum Gasteiger partial charge on any atom is 0.330 e. The molecule has 0 radical (unpaired) electrons. The van der Waals surface area contributed by atoms with Crippen LogP contribution in [0.2, 0.25) is 0 Å². The summed E-state index contributed by atoms with van der Waals surface area (Å²) in [7, 11) is 0. The van der Waals surface area contributed by atoms with Gasteiger partial charge in [0, 0.05) is 23.8 Å². The average Bonchev–Trinajstić information content (AvgIpc) is 3.13. The minimum Gasteiger partial charge on any atom is -0.508 e. The lowest BCUT2D eigenvalue weighted by molar-refractivity contribution is -0.355. The third kappa shape index (κ3) is 7.77. The highest BCUT2D eigenvalue weighted by atomic mass is 16.8. The lowest BCUT2D eigenvalue weighted by Crippen LogP contribution is -2.64. The number of rotatable bonds is 9. The third-order valence-corrected chi connectivity index (χ3v) is 8.83. The zero-order chi connectivity index (χ0) is 39.0. The highest BCUT2D eigenvalue weighted by Crippen LogP contribution is 2.40. The van der Waals surface area contributed by atoms with Crippen molar-refractivity contribution in [2.45, 2.75) is 68.3 Å². The van der Waals surface area contributed by atoms with Gasteiger partial charge in [-0.15, -0.1) is 0 Å². The van der Waals surface area contributed by atoms with Crippen molar-refractivity contribution in [3.63, 3.8) is 0 Å². The van der Waals surface area contributed by atoms with Crippen LogP contribution >= 0.6 is 0 Å². The molecule has 2 fully saturated rings. The fourth-order valence-corrected chi connectivity index (χ4v) is 5.87. The van der Waals surface area contributed by atoms with Gasteiger partial charge in [0.1, 0.15) is 71.4 Å². The summed E-state index contributed by atoms with van der Waals surface area (Å²) in [6.07, 6.45) is -15.2. The molecule has 6 rings (SSSR count). The largest absolute Gasteiger partial charge is 0.508 e. The zero-order valence-corrected chi connectivity index (χ0v) is 28.1. The standard InChI is InChI=1S/C36H36O18/c1-14-26(43)30(47)34(54-35-31(48)29(46)27(44)23(52-35)13-49-24(42)9-4-15-2-6-17(37)7-3-15)36(50-14)53-33-28(45)25-21(41)11-18(38)12-22(25)51-32(33)16-5-8-19(39)20(40)10-16/h2-12,14,23,26-27,29-31,34-41,43-44,46-48H,13H2,1H3/b9-4+/t14-,23+,26-,27+,29-,30+,31+,34?,35-,36-/m0/s1. The number of fused-ring (bicyclic) bond motifs is 1. The first kappa shape index (κ1) is 38.3. The molecule has 2 aliphatic rings. The van der Waals surface area contributed by atoms with Crippen LogP contribution in [0.3, 0.4) is 0 Å². The molecule has 0 saturated carbocycles. The molecule has 10 N–H and O–H groups in total. The van der Waals surface area contributed by atoms with E-state index in [1.807, 2.05) is 0 Å². The highest BCUT2D eigenvalue weighted by Gasteiger charge is 2.51. The Labute approximate surface area is 304 Å². The number of aromatic hydroxyl groups is 5. The number of phenolic OH excluding ortho intramolecular Hbond substituents is 5. The molecule has 54 heavy (non-hydrogen) atoms. The lowest BCUT2D eigenvalue weighted by atomic mass is 9.97. The van der Waals surface area contributed by atoms with Crippen LogP contribution in [0.4, 0.5) is 0 Å². The van der Waals surface area contributed by atoms with Gasteiger partial charge in [-0.2, -0.15) is 0 Å². The smallest absolute Gasteiger partial charge is 0.330 e. The van der Waals surface area contributed by atoms with Gasteiger partial charge in [0.15, 0.2) is 29.7 Å². The Morgan fingerprint density at radius 1 is 0.759 bits per heavy atom. The molecule has 10 atom stereocenters. The average molecular weight is 757 g/mol. The van der Waals surface area contributed by atoms with E-state index in [0.29, 0.717) is 5.56 Å². The SMILES string of the molecule is C[C@@H]1O[C@@H](Oc2c(-c3ccc(O)c(O)c3)oc3cc(O)cc(O)c3c2=O)C(O[C@@H]2O[C@H](COC(=O)/C=C/c3ccc(O)cc3)[C@@H](O)[C@H](O)[C@H]2O)[C@H](O)[C@H]1O. The second-order valence-corrected chi connectivity index (χ2v) is 12.6. The Morgan fingerprint density at radius 3 is 2.19 bits per heavy atom. The predicted molar refractivity (Wildman–Crippen MR) is 181 cm³/mol. The zero-order valence-electron chi connectivity index (χ0n) is 28.1. The maximum absolute atomic E-state index is 13.9. The van der Waals surface area contributed by atoms with Gasteiger partial charge in [-0.1, -0.05) is 12.1 Å². The van der Waals surface area contributed by atoms with E-state index in [9.17, 15) is 60.7 Å². The first-order valence-corrected chi connectivity index (χ1v) is 16.3. The van der Waals surface area contributed by atoms with Gasteiger partial charge >= 0.3 is 5.97 Å². The highest BCUT2D eigenvalue weighted by molar-refractivity contribution is 5.88. The van der Waals surface area contributed by atoms with Crippen LogP contribution in [0.15, 0.2) is 69.9 Å². The van der Waals surface area contributed by atoms with Crippen LogP contribution in [-0.2, 0) is 23.7 Å². The van der Waals surface area contributed by atoms with Crippen molar-refractivity contribution in [3.8, 4) is 45.8 Å². The Morgan fingerprint density at radius 2 is 1.48 bits per heavy atom. The number of aliphatic hydroxyl groups is 5. The number of esters is 1. The summed E-state index contributed by atoms with van der Waals surface area (Å²) >= 11 is 0. The molecular weight excluding hydrogens is 720 g/mol. The Balaban J connectivity index is 1.28. The Kier molecular flexibility index (Phi) is 11.0. The molecule has 1 unspecified atom stereocenters. The first-order valence-electron chi connectivity index (χ1n) is 16.3. The molecule has 2 aliphatic heterocycles. The molecule has 3 heterocycles. The second-order valence-electron chi connectivity index (χ2n) is 12.6. The molecule has 18 heteroatoms. The number of phenols is 5. The minimum atomic E-state index is -2.00. The molecule has 4 aromatic rings. The number of aliphatic hydroxyl groups excluding tert-OH is 5. The molecule has 288 valence electrons. The van der Waals surface area contributed by atoms with Gasteiger partial charge in [0.05, 0.1) is 6.10 Å². The van der Waals surface area contributed by atoms with Crippen LogP contribution in [0, 0.1) is 0 Å². The second kappa shape index (κ2) is 15.5. The van der Waals surface area contributed by atoms with E-state index < -0.39 is 119 Å². The number of carbonyl (C=O) groups excluding carboxylic acids is 1. The van der Waals surface area contributed by atoms with Crippen molar-refractivity contribution in [2.75, 3.05) is 6.61 Å². The summed E-state index contributed by atoms with van der Waals surface area (Å²) in [5, 5.41) is 104. The molecule has 0 spiro atoms. The topological polar surface area (TPSA) is 296 Å². The number of hydrogen-bond donors (Lipinski definition) is 10. The van der Waals surface area contributed by atoms with Gasteiger partial charge in [-0.05, 0) is 48.9 Å². The van der Waals surface area contributed by atoms with E-state index in [1.54, 1.807) is 0 Å². The maximum atomic E-state index is 13.9. The minimum absolute atomic E-state index is 0.0198. The van der Waals surface area contributed by atoms with Gasteiger partial charge in [0.25, 0.3) is 0 Å². The van der Waals surface area contributed by atoms with E-state index in [1.165, 1.54) is 43.3 Å². The molecule has 2 saturated heterocycles. The fourth-order valence-electron chi connectivity index (χ4n) is 5.87. The Hall–Kier alpha value is -5.44. The molecule has 1 aromatic heterocycles. The van der Waals surface area contributed by atoms with Gasteiger partial charge in [0.2, 0.25) is 17.5 Å². The van der Waals surface area contributed by atoms with Crippen LogP contribution in [0.1, 0.15) is 12.5 Å². The lowest BCUT2D eigenvalue weighted by Gasteiger charge is -2.45. The van der Waals surface area contributed by atoms with Gasteiger partial charge < -0.3 is 79.2 Å². The Bertz CT molecular complexity index is 2080. The number of hydrogen-bond acceptors (Lipinski definition) is 18. The van der Waals surface area contributed by atoms with Crippen molar-refractivity contribution in [2.24, 2.45) is 0 Å². The van der Waals surface area contributed by atoms with Crippen LogP contribution in [0.25, 0.3) is 28.4 Å². The predicted octanol–water partition coefficient (Wildman–Crippen LogP) is 0.283. The molecule has 3 aromatic carbocycles. The molecule has 0 amide bonds. The first-order chi connectivity index (χ1) is 25.6. The van der Waals surface area contributed by atoms with Crippen molar-refractivity contribution >= 4 is 23.0 Å². The van der Waals surface area contributed by atoms with Crippen LogP contribution < -0.4 is 10.2 Å². The normalized spacial score (nSPS) is 28.6. The van der Waals surface area contributed by atoms with Crippen molar-refractivity contribution < 1.29 is 84.0 Å². The summed E-state index contributed by atoms with van der Waals surface area (Å²) in [6, 6.07) is 11.1. The molecule has 0 bridgehead atoms. The summed E-state index contributed by atoms with van der Waals surface area (Å²) in [6.45, 7) is 0.691. The number of carbonyl (C=O) groups is 1. The van der Waals surface area contributed by atoms with Crippen molar-refractivity contribution in [1.82, 2.24) is 0 Å². The fraction of sp³-hybridized carbons (Fsp3) is 0.333. The van der Waals surface area contributed by atoms with E-state index in [0.717, 1.165) is 30.3 Å². The number of benzene rings is 3. The van der Waals surface area contributed by atoms with Gasteiger partial charge in [-0.3, -0.25) is 4.79 Å². The third-order valence-electron chi connectivity index (χ3n) is 8.83. The summed E-state index contributed by atoms with van der Waals surface area (Å²) in [5.41, 5.74) is -0.858.